The lowest BCUT2D eigenvalue weighted by Gasteiger charge is -2.40. The summed E-state index contributed by atoms with van der Waals surface area (Å²) >= 11 is 3.46. The normalized spacial score (nSPS) is 17.8. The fraction of sp³-hybridized carbons (Fsp3) is 0.550. The molecule has 1 saturated heterocycles. The van der Waals surface area contributed by atoms with Gasteiger partial charge < -0.3 is 14.2 Å². The van der Waals surface area contributed by atoms with Crippen LogP contribution in [0.1, 0.15) is 26.7 Å². The lowest BCUT2D eigenvalue weighted by atomic mass is 10.1. The SMILES string of the molecule is C=C(COC(/C=C(\C)C(C)=O)C1(C/C=C/C(=O)OC)SCCCS1)C(=O)OC. The quantitative estimate of drug-likeness (QED) is 0.387. The van der Waals surface area contributed by atoms with Gasteiger partial charge in [-0.1, -0.05) is 12.7 Å². The van der Waals surface area contributed by atoms with Crippen LogP contribution in [0.4, 0.5) is 0 Å². The zero-order chi connectivity index (χ0) is 21.2. The van der Waals surface area contributed by atoms with Gasteiger partial charge in [0.1, 0.15) is 6.10 Å². The van der Waals surface area contributed by atoms with E-state index in [0.29, 0.717) is 12.0 Å². The summed E-state index contributed by atoms with van der Waals surface area (Å²) in [4.78, 5) is 34.9. The maximum absolute atomic E-state index is 11.8. The summed E-state index contributed by atoms with van der Waals surface area (Å²) in [6.45, 7) is 6.93. The number of ketones is 1. The number of ether oxygens (including phenoxy) is 3. The zero-order valence-electron chi connectivity index (χ0n) is 16.8. The van der Waals surface area contributed by atoms with Crippen LogP contribution in [0.3, 0.4) is 0 Å². The predicted octanol–water partition coefficient (Wildman–Crippen LogP) is 3.32. The number of carbonyl (C=O) groups excluding carboxylic acids is 3. The highest BCUT2D eigenvalue weighted by Gasteiger charge is 2.41. The van der Waals surface area contributed by atoms with Crippen molar-refractivity contribution in [1.29, 1.82) is 0 Å². The van der Waals surface area contributed by atoms with Gasteiger partial charge in [-0.2, -0.15) is 0 Å². The minimum atomic E-state index is -0.533. The summed E-state index contributed by atoms with van der Waals surface area (Å²) < 4.78 is 15.0. The van der Waals surface area contributed by atoms with E-state index in [9.17, 15) is 14.4 Å². The van der Waals surface area contributed by atoms with Crippen LogP contribution in [0, 0.1) is 0 Å². The van der Waals surface area contributed by atoms with Crippen molar-refractivity contribution in [3.05, 3.63) is 36.0 Å². The second-order valence-electron chi connectivity index (χ2n) is 6.22. The summed E-state index contributed by atoms with van der Waals surface area (Å²) in [5.74, 6) is 0.863. The average molecular weight is 429 g/mol. The molecule has 0 amide bonds. The fourth-order valence-corrected chi connectivity index (χ4v) is 5.73. The van der Waals surface area contributed by atoms with E-state index < -0.39 is 22.1 Å². The summed E-state index contributed by atoms with van der Waals surface area (Å²) in [7, 11) is 2.62. The molecule has 0 aromatic heterocycles. The van der Waals surface area contributed by atoms with E-state index in [-0.39, 0.29) is 18.0 Å². The first-order valence-corrected chi connectivity index (χ1v) is 10.8. The van der Waals surface area contributed by atoms with Crippen LogP contribution >= 0.6 is 23.5 Å². The lowest BCUT2D eigenvalue weighted by molar-refractivity contribution is -0.137. The molecule has 1 rings (SSSR count). The molecule has 1 aliphatic heterocycles. The summed E-state index contributed by atoms with van der Waals surface area (Å²) in [6.07, 6.45) is 6.09. The lowest BCUT2D eigenvalue weighted by Crippen LogP contribution is -2.40. The minimum Gasteiger partial charge on any atom is -0.466 e. The van der Waals surface area contributed by atoms with Gasteiger partial charge in [-0.25, -0.2) is 9.59 Å². The Balaban J connectivity index is 3.14. The third-order valence-electron chi connectivity index (χ3n) is 4.14. The first-order chi connectivity index (χ1) is 13.3. The summed E-state index contributed by atoms with van der Waals surface area (Å²) in [5, 5.41) is 0. The Morgan fingerprint density at radius 2 is 1.79 bits per heavy atom. The van der Waals surface area contributed by atoms with Crippen molar-refractivity contribution in [2.45, 2.75) is 36.9 Å². The molecule has 156 valence electrons. The van der Waals surface area contributed by atoms with E-state index in [2.05, 4.69) is 16.1 Å². The molecule has 0 N–H and O–H groups in total. The van der Waals surface area contributed by atoms with Crippen LogP contribution in [-0.2, 0) is 28.6 Å². The molecule has 0 radical (unpaired) electrons. The highest BCUT2D eigenvalue weighted by atomic mass is 32.2. The molecule has 6 nitrogen and oxygen atoms in total. The molecule has 8 heteroatoms. The Labute approximate surface area is 175 Å². The molecular weight excluding hydrogens is 400 g/mol. The van der Waals surface area contributed by atoms with Crippen molar-refractivity contribution in [2.75, 3.05) is 32.3 Å². The Morgan fingerprint density at radius 3 is 2.32 bits per heavy atom. The van der Waals surface area contributed by atoms with Crippen molar-refractivity contribution in [3.63, 3.8) is 0 Å². The van der Waals surface area contributed by atoms with Crippen molar-refractivity contribution in [2.24, 2.45) is 0 Å². The van der Waals surface area contributed by atoms with Crippen molar-refractivity contribution in [1.82, 2.24) is 0 Å². The van der Waals surface area contributed by atoms with Crippen molar-refractivity contribution < 1.29 is 28.6 Å². The number of carbonyl (C=O) groups is 3. The molecule has 1 fully saturated rings. The van der Waals surface area contributed by atoms with Crippen LogP contribution in [-0.4, -0.2) is 60.2 Å². The van der Waals surface area contributed by atoms with Crippen molar-refractivity contribution >= 4 is 41.2 Å². The van der Waals surface area contributed by atoms with E-state index in [0.717, 1.165) is 17.9 Å². The topological polar surface area (TPSA) is 78.9 Å². The van der Waals surface area contributed by atoms with Gasteiger partial charge in [0.15, 0.2) is 5.78 Å². The number of methoxy groups -OCH3 is 2. The standard InChI is InChI=1S/C20H28O6S2/c1-14(16(3)21)12-17(26-13-15(2)19(23)25-5)20(27-10-7-11-28-20)9-6-8-18(22)24-4/h6,8,12,17H,2,7,9-11,13H2,1,3-5H3/b8-6+,14-12+. The molecule has 0 aliphatic carbocycles. The third kappa shape index (κ3) is 7.48. The van der Waals surface area contributed by atoms with E-state index in [4.69, 9.17) is 4.74 Å². The molecule has 0 bridgehead atoms. The molecular formula is C20H28O6S2. The molecule has 0 saturated carbocycles. The van der Waals surface area contributed by atoms with E-state index in [1.807, 2.05) is 0 Å². The number of Topliss-reactive ketones (excluding diaryl/α,β-unsaturated/α-hetero) is 1. The molecule has 1 unspecified atom stereocenters. The molecule has 0 aromatic carbocycles. The van der Waals surface area contributed by atoms with Gasteiger partial charge >= 0.3 is 11.9 Å². The van der Waals surface area contributed by atoms with Gasteiger partial charge in [0.05, 0.1) is 30.5 Å². The van der Waals surface area contributed by atoms with E-state index in [1.54, 1.807) is 42.6 Å². The zero-order valence-corrected chi connectivity index (χ0v) is 18.5. The van der Waals surface area contributed by atoms with Crippen LogP contribution in [0.15, 0.2) is 36.0 Å². The number of hydrogen-bond donors (Lipinski definition) is 0. The number of hydrogen-bond acceptors (Lipinski definition) is 8. The van der Waals surface area contributed by atoms with Gasteiger partial charge in [-0.05, 0) is 49.8 Å². The van der Waals surface area contributed by atoms with Gasteiger partial charge in [0.25, 0.3) is 0 Å². The van der Waals surface area contributed by atoms with Gasteiger partial charge in [0.2, 0.25) is 0 Å². The maximum Gasteiger partial charge on any atom is 0.335 e. The van der Waals surface area contributed by atoms with Gasteiger partial charge in [-0.3, -0.25) is 4.79 Å². The van der Waals surface area contributed by atoms with Crippen LogP contribution < -0.4 is 0 Å². The van der Waals surface area contributed by atoms with E-state index in [1.165, 1.54) is 27.2 Å². The third-order valence-corrected chi connectivity index (χ3v) is 7.61. The molecule has 28 heavy (non-hydrogen) atoms. The molecule has 0 aromatic rings. The number of thioether (sulfide) groups is 2. The van der Waals surface area contributed by atoms with Gasteiger partial charge in [-0.15, -0.1) is 23.5 Å². The minimum absolute atomic E-state index is 0.0113. The Hall–Kier alpha value is -1.51. The van der Waals surface area contributed by atoms with Crippen LogP contribution in [0.25, 0.3) is 0 Å². The Morgan fingerprint density at radius 1 is 1.14 bits per heavy atom. The second kappa shape index (κ2) is 12.1. The first kappa shape index (κ1) is 24.5. The summed E-state index contributed by atoms with van der Waals surface area (Å²) in [5.41, 5.74) is 0.782. The number of esters is 2. The van der Waals surface area contributed by atoms with Crippen LogP contribution in [0.5, 0.6) is 0 Å². The van der Waals surface area contributed by atoms with E-state index >= 15 is 0 Å². The smallest absolute Gasteiger partial charge is 0.335 e. The number of allylic oxidation sites excluding steroid dienone is 2. The van der Waals surface area contributed by atoms with Gasteiger partial charge in [0, 0.05) is 6.08 Å². The predicted molar refractivity (Wildman–Crippen MR) is 113 cm³/mol. The number of rotatable bonds is 10. The monoisotopic (exact) mass is 428 g/mol. The second-order valence-corrected chi connectivity index (χ2v) is 9.33. The van der Waals surface area contributed by atoms with Crippen LogP contribution in [0.2, 0.25) is 0 Å². The maximum atomic E-state index is 11.8. The average Bonchev–Trinajstić information content (AvgIpc) is 2.70. The highest BCUT2D eigenvalue weighted by molar-refractivity contribution is 8.18. The first-order valence-electron chi connectivity index (χ1n) is 8.85. The Bertz CT molecular complexity index is 647. The molecule has 1 aliphatic rings. The Kier molecular flexibility index (Phi) is 10.6. The van der Waals surface area contributed by atoms with Crippen molar-refractivity contribution in [3.8, 4) is 0 Å². The largest absolute Gasteiger partial charge is 0.466 e. The highest BCUT2D eigenvalue weighted by Crippen LogP contribution is 2.49. The molecule has 1 atom stereocenters. The molecule has 1 heterocycles. The summed E-state index contributed by atoms with van der Waals surface area (Å²) in [6, 6.07) is 0. The molecule has 0 spiro atoms. The fourth-order valence-electron chi connectivity index (χ4n) is 2.42.